The molecule has 4 amide bonds. The van der Waals surface area contributed by atoms with Gasteiger partial charge < -0.3 is 49.3 Å². The number of imidazole rings is 2. The number of alkyl carbamates (subject to hydrolysis) is 2. The highest BCUT2D eigenvalue weighted by atomic mass is 16.5. The van der Waals surface area contributed by atoms with Gasteiger partial charge in [-0.3, -0.25) is 9.59 Å². The first-order valence-corrected chi connectivity index (χ1v) is 22.7. The predicted molar refractivity (Wildman–Crippen MR) is 239 cm³/mol. The number of aromatic amines is 2. The van der Waals surface area contributed by atoms with E-state index in [4.69, 9.17) is 28.9 Å². The molecule has 3 fully saturated rings. The smallest absolute Gasteiger partial charge is 0.407 e. The third kappa shape index (κ3) is 7.90. The van der Waals surface area contributed by atoms with Crippen LogP contribution >= 0.6 is 0 Å². The molecule has 0 radical (unpaired) electrons. The molecule has 7 atom stereocenters. The number of amides is 4. The number of hydrogen-bond acceptors (Lipinski definition) is 10. The lowest BCUT2D eigenvalue weighted by molar-refractivity contribution is -0.139. The average molecular weight is 875 g/mol. The van der Waals surface area contributed by atoms with Crippen LogP contribution < -0.4 is 15.4 Å². The van der Waals surface area contributed by atoms with Crippen LogP contribution in [0.4, 0.5) is 9.59 Å². The lowest BCUT2D eigenvalue weighted by atomic mass is 9.90. The minimum Gasteiger partial charge on any atom is -0.488 e. The molecule has 0 aliphatic carbocycles. The molecule has 4 N–H and O–H groups in total. The molecular weight excluding hydrogens is 817 g/mol. The molecule has 7 unspecified atom stereocenters. The molecule has 0 saturated carbocycles. The molecule has 3 aromatic carbocycles. The standard InChI is InChI=1S/C48H58N8O8/c1-7-25(2)40(53-47(59)61-5)45(57)55-26(3)8-14-37(55)43-49-23-36(51-43)30-10-12-32-31(20-30)24-64-39-22-33-29(21-34(32)39)11-13-35-42(33)52-44(50-35)38-15-9-27(4)56(38)46(58)41(54-48(60)62-6)28-16-18-63-19-17-28/h10-13,20-23,25-28,37-38,40-41H,7-9,14-19,24H2,1-6H3,(H,49,51)(H,50,52)(H,53,59)(H,54,60). The van der Waals surface area contributed by atoms with Crippen LogP contribution in [0.2, 0.25) is 0 Å². The Bertz CT molecular complexity index is 2580. The molecule has 64 heavy (non-hydrogen) atoms. The van der Waals surface area contributed by atoms with Crippen molar-refractivity contribution in [1.82, 2.24) is 40.4 Å². The number of carbonyl (C=O) groups excluding carboxylic acids is 4. The van der Waals surface area contributed by atoms with E-state index in [1.54, 1.807) is 0 Å². The van der Waals surface area contributed by atoms with Gasteiger partial charge in [0.1, 0.15) is 36.1 Å². The lowest BCUT2D eigenvalue weighted by Gasteiger charge is -2.36. The van der Waals surface area contributed by atoms with Crippen molar-refractivity contribution in [3.05, 3.63) is 65.9 Å². The first kappa shape index (κ1) is 43.1. The van der Waals surface area contributed by atoms with Crippen molar-refractivity contribution < 1.29 is 38.1 Å². The maximum absolute atomic E-state index is 14.4. The Hall–Kier alpha value is -6.16. The fourth-order valence-corrected chi connectivity index (χ4v) is 10.3. The minimum atomic E-state index is -0.722. The van der Waals surface area contributed by atoms with Gasteiger partial charge in [0.15, 0.2) is 0 Å². The van der Waals surface area contributed by atoms with Crippen molar-refractivity contribution in [2.45, 2.75) is 115 Å². The van der Waals surface area contributed by atoms with Gasteiger partial charge in [0.25, 0.3) is 0 Å². The van der Waals surface area contributed by atoms with Crippen LogP contribution in [0.3, 0.4) is 0 Å². The van der Waals surface area contributed by atoms with Crippen LogP contribution in [0.5, 0.6) is 5.75 Å². The zero-order chi connectivity index (χ0) is 44.8. The Morgan fingerprint density at radius 2 is 1.53 bits per heavy atom. The van der Waals surface area contributed by atoms with Gasteiger partial charge >= 0.3 is 12.2 Å². The molecule has 2 aromatic heterocycles. The van der Waals surface area contributed by atoms with Gasteiger partial charge in [-0.2, -0.15) is 0 Å². The Morgan fingerprint density at radius 3 is 2.25 bits per heavy atom. The first-order chi connectivity index (χ1) is 31.0. The van der Waals surface area contributed by atoms with E-state index in [9.17, 15) is 19.2 Å². The fraction of sp³-hybridized carbons (Fsp3) is 0.500. The number of ether oxygens (including phenoxy) is 4. The van der Waals surface area contributed by atoms with Crippen molar-refractivity contribution in [3.8, 4) is 28.1 Å². The summed E-state index contributed by atoms with van der Waals surface area (Å²) in [7, 11) is 2.62. The average Bonchev–Trinajstić information content (AvgIpc) is 4.14. The van der Waals surface area contributed by atoms with Crippen molar-refractivity contribution in [3.63, 3.8) is 0 Å². The number of aromatic nitrogens is 4. The van der Waals surface area contributed by atoms with Crippen molar-refractivity contribution in [2.24, 2.45) is 11.8 Å². The Morgan fingerprint density at radius 1 is 0.828 bits per heavy atom. The Kier molecular flexibility index (Phi) is 12.0. The van der Waals surface area contributed by atoms with Crippen molar-refractivity contribution in [2.75, 3.05) is 27.4 Å². The normalized spacial score (nSPS) is 22.3. The monoisotopic (exact) mass is 874 g/mol. The van der Waals surface area contributed by atoms with E-state index in [1.807, 2.05) is 42.8 Å². The van der Waals surface area contributed by atoms with Crippen LogP contribution in [0.25, 0.3) is 44.2 Å². The van der Waals surface area contributed by atoms with E-state index in [2.05, 4.69) is 63.9 Å². The first-order valence-electron chi connectivity index (χ1n) is 22.7. The largest absolute Gasteiger partial charge is 0.488 e. The van der Waals surface area contributed by atoms with Gasteiger partial charge in [-0.1, -0.05) is 38.5 Å². The summed E-state index contributed by atoms with van der Waals surface area (Å²) < 4.78 is 21.8. The number of benzene rings is 3. The van der Waals surface area contributed by atoms with Gasteiger partial charge in [-0.15, -0.1) is 0 Å². The van der Waals surface area contributed by atoms with Crippen LogP contribution in [0.15, 0.2) is 48.7 Å². The molecular formula is C48H58N8O8. The van der Waals surface area contributed by atoms with Crippen LogP contribution in [0, 0.1) is 11.8 Å². The third-order valence-corrected chi connectivity index (χ3v) is 14.1. The summed E-state index contributed by atoms with van der Waals surface area (Å²) >= 11 is 0. The van der Waals surface area contributed by atoms with Gasteiger partial charge in [0.05, 0.1) is 49.2 Å². The van der Waals surface area contributed by atoms with Gasteiger partial charge in [-0.25, -0.2) is 19.6 Å². The van der Waals surface area contributed by atoms with Crippen LogP contribution in [0.1, 0.15) is 102 Å². The summed E-state index contributed by atoms with van der Waals surface area (Å²) in [5.74, 6) is 1.80. The van der Waals surface area contributed by atoms with Crippen molar-refractivity contribution in [1.29, 1.82) is 0 Å². The number of nitrogens with zero attached hydrogens (tertiary/aromatic N) is 4. The second kappa shape index (κ2) is 17.8. The van der Waals surface area contributed by atoms with Crippen LogP contribution in [-0.4, -0.2) is 105 Å². The Labute approximate surface area is 372 Å². The van der Waals surface area contributed by atoms with Crippen molar-refractivity contribution >= 4 is 45.8 Å². The number of rotatable bonds is 10. The zero-order valence-electron chi connectivity index (χ0n) is 37.4. The summed E-state index contributed by atoms with van der Waals surface area (Å²) in [6, 6.07) is 12.7. The topological polar surface area (TPSA) is 193 Å². The third-order valence-electron chi connectivity index (χ3n) is 14.1. The summed E-state index contributed by atoms with van der Waals surface area (Å²) in [6.45, 7) is 9.53. The van der Waals surface area contributed by atoms with E-state index < -0.39 is 24.3 Å². The molecule has 5 aromatic rings. The molecule has 6 heterocycles. The summed E-state index contributed by atoms with van der Waals surface area (Å²) in [4.78, 5) is 73.9. The minimum absolute atomic E-state index is 0.0176. The SMILES string of the molecule is CCC(C)C(NC(=O)OC)C(=O)N1C(C)CCC1c1ncc(-c2ccc3c(c2)COc2cc4c(ccc5[nH]c(C6CCC(C)N6C(=O)C(NC(=O)OC)C6CCOCC6)nc54)cc2-3)[nH]1. The highest BCUT2D eigenvalue weighted by Gasteiger charge is 2.44. The van der Waals surface area contributed by atoms with Gasteiger partial charge in [0, 0.05) is 36.2 Å². The van der Waals surface area contributed by atoms with Gasteiger partial charge in [0.2, 0.25) is 11.8 Å². The number of H-pyrrole nitrogens is 2. The van der Waals surface area contributed by atoms with E-state index in [0.29, 0.717) is 38.5 Å². The van der Waals surface area contributed by atoms with Gasteiger partial charge in [-0.05, 0) is 111 Å². The maximum Gasteiger partial charge on any atom is 0.407 e. The highest BCUT2D eigenvalue weighted by Crippen LogP contribution is 2.44. The van der Waals surface area contributed by atoms with E-state index >= 15 is 0 Å². The number of carbonyl (C=O) groups is 4. The fourth-order valence-electron chi connectivity index (χ4n) is 10.3. The second-order valence-electron chi connectivity index (χ2n) is 17.9. The molecule has 0 bridgehead atoms. The maximum atomic E-state index is 14.4. The second-order valence-corrected chi connectivity index (χ2v) is 17.9. The molecule has 338 valence electrons. The number of methoxy groups -OCH3 is 2. The van der Waals surface area contributed by atoms with E-state index in [-0.39, 0.29) is 47.8 Å². The number of likely N-dealkylation sites (tertiary alicyclic amines) is 2. The summed E-state index contributed by atoms with van der Waals surface area (Å²) in [5, 5.41) is 7.60. The number of fused-ring (bicyclic) bond motifs is 6. The predicted octanol–water partition coefficient (Wildman–Crippen LogP) is 7.69. The van der Waals surface area contributed by atoms with E-state index in [0.717, 1.165) is 93.4 Å². The molecule has 9 rings (SSSR count). The summed E-state index contributed by atoms with van der Waals surface area (Å²) in [5.41, 5.74) is 6.59. The molecule has 4 aliphatic rings. The summed E-state index contributed by atoms with van der Waals surface area (Å²) in [6.07, 6.45) is 5.79. The quantitative estimate of drug-likeness (QED) is 0.108. The molecule has 16 heteroatoms. The van der Waals surface area contributed by atoms with E-state index in [1.165, 1.54) is 14.2 Å². The molecule has 0 spiro atoms. The molecule has 3 saturated heterocycles. The number of nitrogens with one attached hydrogen (secondary N) is 4. The Balaban J connectivity index is 0.963. The lowest BCUT2D eigenvalue weighted by Crippen LogP contribution is -2.54. The zero-order valence-corrected chi connectivity index (χ0v) is 37.4. The van der Waals surface area contributed by atoms with Crippen LogP contribution in [-0.2, 0) is 30.4 Å². The highest BCUT2D eigenvalue weighted by molar-refractivity contribution is 6.07. The molecule has 16 nitrogen and oxygen atoms in total. The molecule has 4 aliphatic heterocycles. The number of hydrogen-bond donors (Lipinski definition) is 4.